The molecule has 0 fully saturated rings. The van der Waals surface area contributed by atoms with Gasteiger partial charge in [-0.2, -0.15) is 5.10 Å². The molecule has 20 heavy (non-hydrogen) atoms. The van der Waals surface area contributed by atoms with E-state index < -0.39 is 17.5 Å². The Labute approximate surface area is 121 Å². The van der Waals surface area contributed by atoms with E-state index in [2.05, 4.69) is 21.0 Å². The van der Waals surface area contributed by atoms with Gasteiger partial charge in [-0.05, 0) is 45.8 Å². The van der Waals surface area contributed by atoms with Gasteiger partial charge >= 0.3 is 0 Å². The number of hydrogen-bond donors (Lipinski definition) is 0. The smallest absolute Gasteiger partial charge is 0.148 e. The van der Waals surface area contributed by atoms with Gasteiger partial charge < -0.3 is 0 Å². The molecule has 0 unspecified atom stereocenters. The molecule has 6 heteroatoms. The highest BCUT2D eigenvalue weighted by molar-refractivity contribution is 9.10. The van der Waals surface area contributed by atoms with Crippen molar-refractivity contribution < 1.29 is 13.2 Å². The molecule has 0 aliphatic heterocycles. The third-order valence-corrected chi connectivity index (χ3v) is 3.50. The number of aromatic nitrogens is 2. The molecule has 2 aromatic carbocycles. The molecule has 0 spiro atoms. The predicted octanol–water partition coefficient (Wildman–Crippen LogP) is 4.26. The van der Waals surface area contributed by atoms with Crippen molar-refractivity contribution in [2.45, 2.75) is 6.54 Å². The summed E-state index contributed by atoms with van der Waals surface area (Å²) in [5, 5.41) is 4.54. The maximum absolute atomic E-state index is 13.9. The number of halogens is 4. The highest BCUT2D eigenvalue weighted by Gasteiger charge is 2.10. The zero-order chi connectivity index (χ0) is 14.3. The molecule has 1 heterocycles. The summed E-state index contributed by atoms with van der Waals surface area (Å²) in [6.45, 7) is 0.167. The van der Waals surface area contributed by atoms with E-state index in [1.54, 1.807) is 12.1 Å². The zero-order valence-electron chi connectivity index (χ0n) is 10.1. The Kier molecular flexibility index (Phi) is 3.25. The van der Waals surface area contributed by atoms with Crippen LogP contribution < -0.4 is 0 Å². The molecule has 3 rings (SSSR count). The van der Waals surface area contributed by atoms with E-state index in [9.17, 15) is 13.2 Å². The van der Waals surface area contributed by atoms with E-state index >= 15 is 0 Å². The summed E-state index contributed by atoms with van der Waals surface area (Å²) in [6.07, 6.45) is 1.51. The Balaban J connectivity index is 2.01. The Morgan fingerprint density at radius 1 is 1.05 bits per heavy atom. The Bertz CT molecular complexity index is 778. The number of hydrogen-bond acceptors (Lipinski definition) is 1. The van der Waals surface area contributed by atoms with Gasteiger partial charge in [0.1, 0.15) is 17.5 Å². The van der Waals surface area contributed by atoms with Crippen LogP contribution in [0.5, 0.6) is 0 Å². The van der Waals surface area contributed by atoms with Crippen LogP contribution in [-0.2, 0) is 6.54 Å². The van der Waals surface area contributed by atoms with E-state index in [-0.39, 0.29) is 6.54 Å². The van der Waals surface area contributed by atoms with E-state index in [0.29, 0.717) is 20.9 Å². The molecule has 3 aromatic rings. The minimum Gasteiger partial charge on any atom is -0.267 e. The number of fused-ring (bicyclic) bond motifs is 1. The first-order chi connectivity index (χ1) is 9.52. The lowest BCUT2D eigenvalue weighted by Gasteiger charge is -2.02. The molecule has 2 nitrogen and oxygen atoms in total. The largest absolute Gasteiger partial charge is 0.267 e. The van der Waals surface area contributed by atoms with Gasteiger partial charge in [0.05, 0.1) is 21.9 Å². The normalized spacial score (nSPS) is 11.2. The van der Waals surface area contributed by atoms with E-state index in [4.69, 9.17) is 0 Å². The third-order valence-electron chi connectivity index (χ3n) is 2.89. The zero-order valence-corrected chi connectivity index (χ0v) is 11.7. The quantitative estimate of drug-likeness (QED) is 0.681. The molecule has 0 saturated heterocycles. The first-order valence-corrected chi connectivity index (χ1v) is 6.58. The van der Waals surface area contributed by atoms with Gasteiger partial charge in [0, 0.05) is 12.3 Å². The summed E-state index contributed by atoms with van der Waals surface area (Å²) in [4.78, 5) is 0. The number of nitrogens with zero attached hydrogens (tertiary/aromatic N) is 2. The Hall–Kier alpha value is -1.82. The van der Waals surface area contributed by atoms with Crippen LogP contribution in [-0.4, -0.2) is 9.78 Å². The van der Waals surface area contributed by atoms with Crippen LogP contribution in [0.4, 0.5) is 13.2 Å². The van der Waals surface area contributed by atoms with Crippen molar-refractivity contribution in [2.75, 3.05) is 0 Å². The van der Waals surface area contributed by atoms with Crippen LogP contribution in [0.2, 0.25) is 0 Å². The van der Waals surface area contributed by atoms with Crippen molar-refractivity contribution in [1.82, 2.24) is 9.78 Å². The van der Waals surface area contributed by atoms with Crippen molar-refractivity contribution in [3.8, 4) is 0 Å². The van der Waals surface area contributed by atoms with Crippen LogP contribution in [0.15, 0.2) is 41.0 Å². The fourth-order valence-corrected chi connectivity index (χ4v) is 2.40. The molecule has 0 amide bonds. The maximum atomic E-state index is 13.9. The molecular weight excluding hydrogens is 333 g/mol. The monoisotopic (exact) mass is 340 g/mol. The molecule has 0 saturated carbocycles. The Morgan fingerprint density at radius 3 is 2.45 bits per heavy atom. The average molecular weight is 341 g/mol. The second-order valence-electron chi connectivity index (χ2n) is 4.40. The molecule has 1 aromatic heterocycles. The molecule has 0 bridgehead atoms. The van der Waals surface area contributed by atoms with Gasteiger partial charge in [0.2, 0.25) is 0 Å². The lowest BCUT2D eigenvalue weighted by molar-refractivity contribution is 0.575. The van der Waals surface area contributed by atoms with Crippen LogP contribution in [0.3, 0.4) is 0 Å². The molecule has 0 N–H and O–H groups in total. The fourth-order valence-electron chi connectivity index (χ4n) is 2.05. The highest BCUT2D eigenvalue weighted by Crippen LogP contribution is 2.24. The predicted molar refractivity (Wildman–Crippen MR) is 72.9 cm³/mol. The Morgan fingerprint density at radius 2 is 1.75 bits per heavy atom. The van der Waals surface area contributed by atoms with Gasteiger partial charge in [-0.25, -0.2) is 13.2 Å². The topological polar surface area (TPSA) is 17.8 Å². The molecule has 0 atom stereocenters. The summed E-state index contributed by atoms with van der Waals surface area (Å²) in [5.74, 6) is -1.70. The number of rotatable bonds is 2. The first-order valence-electron chi connectivity index (χ1n) is 5.79. The maximum Gasteiger partial charge on any atom is 0.148 e. The molecule has 0 radical (unpaired) electrons. The molecule has 102 valence electrons. The highest BCUT2D eigenvalue weighted by atomic mass is 79.9. The lowest BCUT2D eigenvalue weighted by atomic mass is 10.2. The van der Waals surface area contributed by atoms with Crippen LogP contribution in [0.25, 0.3) is 10.9 Å². The second-order valence-corrected chi connectivity index (χ2v) is 5.25. The van der Waals surface area contributed by atoms with Crippen molar-refractivity contribution in [3.63, 3.8) is 0 Å². The second kappa shape index (κ2) is 4.94. The van der Waals surface area contributed by atoms with Crippen molar-refractivity contribution in [1.29, 1.82) is 0 Å². The standard InChI is InChI=1S/C14H8BrF3N2/c15-12-1-2-13-11(14(12)18)7-20(19-13)6-8-3-9(16)5-10(17)4-8/h1-5,7H,6H2. The molecule has 0 aliphatic carbocycles. The van der Waals surface area contributed by atoms with Crippen LogP contribution in [0, 0.1) is 17.5 Å². The minimum absolute atomic E-state index is 0.167. The van der Waals surface area contributed by atoms with Crippen molar-refractivity contribution in [2.24, 2.45) is 0 Å². The summed E-state index contributed by atoms with van der Waals surface area (Å²) in [5.41, 5.74) is 0.914. The van der Waals surface area contributed by atoms with Gasteiger partial charge in [0.15, 0.2) is 0 Å². The van der Waals surface area contributed by atoms with Crippen LogP contribution >= 0.6 is 15.9 Å². The minimum atomic E-state index is -0.648. The lowest BCUT2D eigenvalue weighted by Crippen LogP contribution is -2.01. The first kappa shape index (κ1) is 13.2. The third kappa shape index (κ3) is 2.43. The van der Waals surface area contributed by atoms with Crippen molar-refractivity contribution in [3.05, 3.63) is 64.0 Å². The number of benzene rings is 2. The summed E-state index contributed by atoms with van der Waals surface area (Å²) in [6, 6.07) is 6.49. The fraction of sp³-hybridized carbons (Fsp3) is 0.0714. The molecule has 0 aliphatic rings. The van der Waals surface area contributed by atoms with E-state index in [0.717, 1.165) is 6.07 Å². The van der Waals surface area contributed by atoms with Gasteiger partial charge in [0.25, 0.3) is 0 Å². The summed E-state index contributed by atoms with van der Waals surface area (Å²) in [7, 11) is 0. The summed E-state index contributed by atoms with van der Waals surface area (Å²) >= 11 is 3.10. The van der Waals surface area contributed by atoms with Gasteiger partial charge in [-0.3, -0.25) is 4.68 Å². The SMILES string of the molecule is Fc1cc(F)cc(Cn2cc3c(F)c(Br)ccc3n2)c1. The van der Waals surface area contributed by atoms with Crippen molar-refractivity contribution >= 4 is 26.8 Å². The van der Waals surface area contributed by atoms with Gasteiger partial charge in [-0.1, -0.05) is 0 Å². The molecular formula is C14H8BrF3N2. The average Bonchev–Trinajstić information content (AvgIpc) is 2.76. The summed E-state index contributed by atoms with van der Waals surface area (Å²) < 4.78 is 41.9. The van der Waals surface area contributed by atoms with E-state index in [1.165, 1.54) is 23.0 Å². The van der Waals surface area contributed by atoms with E-state index in [1.807, 2.05) is 0 Å². The van der Waals surface area contributed by atoms with Gasteiger partial charge in [-0.15, -0.1) is 0 Å². The van der Waals surface area contributed by atoms with Crippen LogP contribution in [0.1, 0.15) is 5.56 Å².